The van der Waals surface area contributed by atoms with Crippen molar-refractivity contribution in [1.29, 1.82) is 0 Å². The van der Waals surface area contributed by atoms with Gasteiger partial charge in [0.05, 0.1) is 16.7 Å². The molecule has 0 radical (unpaired) electrons. The molecule has 0 bridgehead atoms. The number of carbonyl (C=O) groups is 2. The number of hydrogen-bond donors (Lipinski definition) is 1. The van der Waals surface area contributed by atoms with Crippen LogP contribution in [0.25, 0.3) is 0 Å². The molecule has 2 heterocycles. The number of likely N-dealkylation sites (tertiary alicyclic amines) is 1. The molecule has 9 heteroatoms. The van der Waals surface area contributed by atoms with Crippen molar-refractivity contribution in [2.24, 2.45) is 5.92 Å². The molecule has 0 saturated carbocycles. The normalized spacial score (nSPS) is 24.8. The Morgan fingerprint density at radius 1 is 1.27 bits per heavy atom. The summed E-state index contributed by atoms with van der Waals surface area (Å²) in [6.07, 6.45) is 1.07. The van der Waals surface area contributed by atoms with Crippen molar-refractivity contribution in [2.45, 2.75) is 58.2 Å². The highest BCUT2D eigenvalue weighted by molar-refractivity contribution is 5.99. The van der Waals surface area contributed by atoms with Crippen LogP contribution in [0.1, 0.15) is 40.5 Å². The van der Waals surface area contributed by atoms with Crippen molar-refractivity contribution in [1.82, 2.24) is 10.2 Å². The minimum atomic E-state index is -0.526. The van der Waals surface area contributed by atoms with Gasteiger partial charge >= 0.3 is 6.09 Å². The fraction of sp³-hybridized carbons (Fsp3) is 0.619. The van der Waals surface area contributed by atoms with Crippen molar-refractivity contribution >= 4 is 23.4 Å². The van der Waals surface area contributed by atoms with E-state index in [0.29, 0.717) is 31.7 Å². The maximum Gasteiger partial charge on any atom is 0.410 e. The van der Waals surface area contributed by atoms with Gasteiger partial charge in [-0.15, -0.1) is 0 Å². The van der Waals surface area contributed by atoms with E-state index in [2.05, 4.69) is 12.2 Å². The zero-order valence-corrected chi connectivity index (χ0v) is 18.0. The molecular formula is C21H30N4O5. The van der Waals surface area contributed by atoms with E-state index in [1.165, 1.54) is 12.1 Å². The average Bonchev–Trinajstić information content (AvgIpc) is 3.02. The fourth-order valence-corrected chi connectivity index (χ4v) is 4.01. The molecule has 30 heavy (non-hydrogen) atoms. The van der Waals surface area contributed by atoms with Crippen LogP contribution in [0.3, 0.4) is 0 Å². The van der Waals surface area contributed by atoms with Gasteiger partial charge in [0.1, 0.15) is 5.60 Å². The molecule has 1 aromatic rings. The fourth-order valence-electron chi connectivity index (χ4n) is 4.01. The Balaban J connectivity index is 1.58. The number of nitro benzene ring substituents is 1. The highest BCUT2D eigenvalue weighted by Gasteiger charge is 2.37. The maximum atomic E-state index is 12.9. The molecular weight excluding hydrogens is 388 g/mol. The number of piperidine rings is 1. The monoisotopic (exact) mass is 418 g/mol. The first-order valence-corrected chi connectivity index (χ1v) is 10.3. The smallest absolute Gasteiger partial charge is 0.410 e. The molecule has 0 spiro atoms. The first-order valence-electron chi connectivity index (χ1n) is 10.3. The predicted octanol–water partition coefficient (Wildman–Crippen LogP) is 2.94. The van der Waals surface area contributed by atoms with E-state index in [4.69, 9.17) is 4.74 Å². The Hall–Kier alpha value is -2.68. The van der Waals surface area contributed by atoms with Gasteiger partial charge in [-0.05, 0) is 45.6 Å². The molecule has 2 amide bonds. The van der Waals surface area contributed by atoms with Crippen LogP contribution in [0.5, 0.6) is 0 Å². The third-order valence-electron chi connectivity index (χ3n) is 5.53. The van der Waals surface area contributed by atoms with Crippen LogP contribution in [-0.2, 0) is 9.53 Å². The number of anilines is 1. The van der Waals surface area contributed by atoms with Crippen molar-refractivity contribution in [3.8, 4) is 0 Å². The quantitative estimate of drug-likeness (QED) is 0.595. The minimum absolute atomic E-state index is 0.0279. The van der Waals surface area contributed by atoms with Gasteiger partial charge in [0.2, 0.25) is 5.91 Å². The molecule has 1 N–H and O–H groups in total. The number of benzene rings is 1. The van der Waals surface area contributed by atoms with Gasteiger partial charge in [-0.25, -0.2) is 4.79 Å². The van der Waals surface area contributed by atoms with Crippen molar-refractivity contribution in [2.75, 3.05) is 24.5 Å². The van der Waals surface area contributed by atoms with E-state index in [1.54, 1.807) is 21.9 Å². The molecule has 3 atom stereocenters. The van der Waals surface area contributed by atoms with Crippen LogP contribution in [-0.4, -0.2) is 59.1 Å². The lowest BCUT2D eigenvalue weighted by molar-refractivity contribution is -0.384. The second kappa shape index (κ2) is 8.59. The number of carbonyl (C=O) groups excluding carboxylic acids is 2. The molecule has 9 nitrogen and oxygen atoms in total. The number of nitrogens with one attached hydrogen (secondary N) is 1. The van der Waals surface area contributed by atoms with Crippen LogP contribution >= 0.6 is 0 Å². The molecule has 164 valence electrons. The molecule has 0 aliphatic carbocycles. The van der Waals surface area contributed by atoms with Gasteiger partial charge in [-0.1, -0.05) is 13.0 Å². The number of rotatable bonds is 4. The summed E-state index contributed by atoms with van der Waals surface area (Å²) in [5.41, 5.74) is -0.00656. The Bertz CT molecular complexity index is 822. The highest BCUT2D eigenvalue weighted by Crippen LogP contribution is 2.27. The standard InChI is InChI=1S/C21H30N4O5/c1-14-13-23(20(27)30-21(2,3)4)10-8-17(14)22-18-9-11-24(19(18)26)15-6-5-7-16(12-15)25(28)29/h5-7,12,14,17-18,22H,8-11,13H2,1-4H3/t14-,17-,18-/m1/s1. The summed E-state index contributed by atoms with van der Waals surface area (Å²) in [5.74, 6) is 0.100. The molecule has 2 fully saturated rings. The number of ether oxygens (including phenoxy) is 1. The highest BCUT2D eigenvalue weighted by atomic mass is 16.6. The second-order valence-electron chi connectivity index (χ2n) is 9.07. The Morgan fingerprint density at radius 3 is 2.63 bits per heavy atom. The van der Waals surface area contributed by atoms with Crippen LogP contribution in [0.4, 0.5) is 16.2 Å². The van der Waals surface area contributed by atoms with Crippen molar-refractivity contribution in [3.63, 3.8) is 0 Å². The summed E-state index contributed by atoms with van der Waals surface area (Å²) < 4.78 is 5.46. The zero-order valence-electron chi connectivity index (χ0n) is 18.0. The lowest BCUT2D eigenvalue weighted by Gasteiger charge is -2.38. The van der Waals surface area contributed by atoms with Crippen LogP contribution < -0.4 is 10.2 Å². The van der Waals surface area contributed by atoms with E-state index in [-0.39, 0.29) is 35.7 Å². The van der Waals surface area contributed by atoms with Gasteiger partial charge in [0, 0.05) is 37.8 Å². The third-order valence-corrected chi connectivity index (χ3v) is 5.53. The van der Waals surface area contributed by atoms with Gasteiger partial charge in [0.25, 0.3) is 5.69 Å². The van der Waals surface area contributed by atoms with Gasteiger partial charge < -0.3 is 19.9 Å². The summed E-state index contributed by atoms with van der Waals surface area (Å²) in [5, 5.41) is 14.5. The largest absolute Gasteiger partial charge is 0.444 e. The van der Waals surface area contributed by atoms with Crippen LogP contribution in [0.15, 0.2) is 24.3 Å². The Kier molecular flexibility index (Phi) is 6.30. The number of nitro groups is 1. The zero-order chi connectivity index (χ0) is 22.1. The minimum Gasteiger partial charge on any atom is -0.444 e. The number of non-ortho nitro benzene ring substituents is 1. The maximum absolute atomic E-state index is 12.9. The van der Waals surface area contributed by atoms with E-state index in [1.807, 2.05) is 20.8 Å². The number of hydrogen-bond acceptors (Lipinski definition) is 6. The number of amides is 2. The molecule has 2 aliphatic heterocycles. The summed E-state index contributed by atoms with van der Waals surface area (Å²) in [6.45, 7) is 9.27. The molecule has 2 saturated heterocycles. The van der Waals surface area contributed by atoms with Gasteiger partial charge in [-0.2, -0.15) is 0 Å². The van der Waals surface area contributed by atoms with Gasteiger partial charge in [0.15, 0.2) is 0 Å². The van der Waals surface area contributed by atoms with Crippen LogP contribution in [0, 0.1) is 16.0 Å². The van der Waals surface area contributed by atoms with E-state index < -0.39 is 10.5 Å². The summed E-state index contributed by atoms with van der Waals surface area (Å²) in [6, 6.07) is 5.94. The lowest BCUT2D eigenvalue weighted by atomic mass is 9.93. The Morgan fingerprint density at radius 2 is 2.00 bits per heavy atom. The topological polar surface area (TPSA) is 105 Å². The van der Waals surface area contributed by atoms with Gasteiger partial charge in [-0.3, -0.25) is 14.9 Å². The van der Waals surface area contributed by atoms with Crippen LogP contribution in [0.2, 0.25) is 0 Å². The second-order valence-corrected chi connectivity index (χ2v) is 9.07. The number of nitrogens with zero attached hydrogens (tertiary/aromatic N) is 3. The van der Waals surface area contributed by atoms with E-state index in [0.717, 1.165) is 6.42 Å². The SMILES string of the molecule is C[C@@H]1CN(C(=O)OC(C)(C)C)CC[C@H]1N[C@@H]1CCN(c2cccc([N+](=O)[O-])c2)C1=O. The molecule has 1 aromatic carbocycles. The Labute approximate surface area is 176 Å². The lowest BCUT2D eigenvalue weighted by Crippen LogP contribution is -2.54. The first-order chi connectivity index (χ1) is 14.0. The summed E-state index contributed by atoms with van der Waals surface area (Å²) in [4.78, 5) is 39.1. The van der Waals surface area contributed by atoms with Crippen molar-refractivity contribution in [3.05, 3.63) is 34.4 Å². The summed E-state index contributed by atoms with van der Waals surface area (Å²) >= 11 is 0. The van der Waals surface area contributed by atoms with E-state index in [9.17, 15) is 19.7 Å². The third kappa shape index (κ3) is 5.08. The van der Waals surface area contributed by atoms with E-state index >= 15 is 0 Å². The molecule has 0 aromatic heterocycles. The first kappa shape index (κ1) is 22.0. The molecule has 3 rings (SSSR count). The average molecular weight is 418 g/mol. The molecule has 0 unspecified atom stereocenters. The predicted molar refractivity (Wildman–Crippen MR) is 112 cm³/mol. The van der Waals surface area contributed by atoms with Crippen molar-refractivity contribution < 1.29 is 19.2 Å². The summed E-state index contributed by atoms with van der Waals surface area (Å²) in [7, 11) is 0. The molecule has 2 aliphatic rings.